The molecule has 1 saturated heterocycles. The normalized spacial score (nSPS) is 15.6. The summed E-state index contributed by atoms with van der Waals surface area (Å²) in [5.74, 6) is -0.0706. The minimum atomic E-state index is -0.0706. The van der Waals surface area contributed by atoms with Crippen molar-refractivity contribution in [3.05, 3.63) is 34.7 Å². The minimum absolute atomic E-state index is 0.0706. The van der Waals surface area contributed by atoms with Crippen molar-refractivity contribution in [3.8, 4) is 11.3 Å². The summed E-state index contributed by atoms with van der Waals surface area (Å²) in [6.45, 7) is 6.83. The molecule has 0 unspecified atom stereocenters. The molecule has 1 aliphatic heterocycles. The maximum absolute atomic E-state index is 11.4. The van der Waals surface area contributed by atoms with Crippen LogP contribution in [0.5, 0.6) is 0 Å². The summed E-state index contributed by atoms with van der Waals surface area (Å²) < 4.78 is 0. The number of hydrogen-bond donors (Lipinski definition) is 1. The van der Waals surface area contributed by atoms with Gasteiger partial charge in [-0.1, -0.05) is 47.6 Å². The van der Waals surface area contributed by atoms with Gasteiger partial charge in [-0.25, -0.2) is 4.98 Å². The Morgan fingerprint density at radius 2 is 1.91 bits per heavy atom. The summed E-state index contributed by atoms with van der Waals surface area (Å²) in [4.78, 5) is 19.8. The smallest absolute Gasteiger partial charge is 0.223 e. The van der Waals surface area contributed by atoms with Crippen LogP contribution < -0.4 is 5.32 Å². The number of aromatic nitrogens is 1. The number of piperidine rings is 1. The predicted octanol–water partition coefficient (Wildman–Crippen LogP) is 4.06. The van der Waals surface area contributed by atoms with Gasteiger partial charge in [0.05, 0.1) is 5.69 Å². The lowest BCUT2D eigenvalue weighted by atomic mass is 10.1. The maximum Gasteiger partial charge on any atom is 0.223 e. The number of nitrogens with one attached hydrogen (secondary N) is 1. The Balaban J connectivity index is 1.89. The van der Waals surface area contributed by atoms with Crippen molar-refractivity contribution in [2.45, 2.75) is 39.7 Å². The molecule has 0 saturated carbocycles. The van der Waals surface area contributed by atoms with Crippen LogP contribution in [0, 0.1) is 6.92 Å². The molecule has 0 atom stereocenters. The number of nitrogens with zero attached hydrogens (tertiary/aromatic N) is 2. The molecule has 2 heterocycles. The fraction of sp³-hybridized carbons (Fsp3) is 0.444. The first-order valence-electron chi connectivity index (χ1n) is 8.18. The van der Waals surface area contributed by atoms with Crippen LogP contribution in [-0.4, -0.2) is 28.9 Å². The molecule has 1 amide bonds. The standard InChI is InChI=1S/C18H23N3OS/c1-13-6-8-15(9-7-13)17-16(12-21-10-4-3-5-11-21)23-18(20-17)19-14(2)22/h6-9H,3-5,10-12H2,1-2H3,(H,19,20,22). The van der Waals surface area contributed by atoms with E-state index in [0.717, 1.165) is 30.9 Å². The molecule has 5 heteroatoms. The van der Waals surface area contributed by atoms with Gasteiger partial charge in [0, 0.05) is 23.9 Å². The number of benzene rings is 1. The Morgan fingerprint density at radius 1 is 1.22 bits per heavy atom. The summed E-state index contributed by atoms with van der Waals surface area (Å²) in [6, 6.07) is 8.44. The molecular weight excluding hydrogens is 306 g/mol. The summed E-state index contributed by atoms with van der Waals surface area (Å²) in [5, 5.41) is 3.53. The number of amides is 1. The van der Waals surface area contributed by atoms with Gasteiger partial charge in [-0.05, 0) is 32.9 Å². The number of aryl methyl sites for hydroxylation is 1. The number of thiazole rings is 1. The van der Waals surface area contributed by atoms with Crippen LogP contribution in [0.2, 0.25) is 0 Å². The Bertz CT molecular complexity index is 672. The first-order valence-corrected chi connectivity index (χ1v) is 9.00. The quantitative estimate of drug-likeness (QED) is 0.920. The monoisotopic (exact) mass is 329 g/mol. The highest BCUT2D eigenvalue weighted by molar-refractivity contribution is 7.16. The third-order valence-electron chi connectivity index (χ3n) is 4.12. The highest BCUT2D eigenvalue weighted by atomic mass is 32.1. The molecule has 1 N–H and O–H groups in total. The van der Waals surface area contributed by atoms with E-state index in [1.165, 1.54) is 36.6 Å². The Labute approximate surface area is 141 Å². The van der Waals surface area contributed by atoms with Crippen LogP contribution in [0.25, 0.3) is 11.3 Å². The van der Waals surface area contributed by atoms with Gasteiger partial charge in [0.1, 0.15) is 0 Å². The summed E-state index contributed by atoms with van der Waals surface area (Å²) >= 11 is 1.60. The molecule has 23 heavy (non-hydrogen) atoms. The van der Waals surface area contributed by atoms with Gasteiger partial charge >= 0.3 is 0 Å². The Morgan fingerprint density at radius 3 is 2.57 bits per heavy atom. The first-order chi connectivity index (χ1) is 11.1. The molecule has 4 nitrogen and oxygen atoms in total. The highest BCUT2D eigenvalue weighted by Gasteiger charge is 2.18. The van der Waals surface area contributed by atoms with E-state index < -0.39 is 0 Å². The summed E-state index contributed by atoms with van der Waals surface area (Å²) in [5.41, 5.74) is 3.36. The Hall–Kier alpha value is -1.72. The van der Waals surface area contributed by atoms with Crippen molar-refractivity contribution < 1.29 is 4.79 Å². The topological polar surface area (TPSA) is 45.2 Å². The molecule has 1 aromatic heterocycles. The number of hydrogen-bond acceptors (Lipinski definition) is 4. The molecular formula is C18H23N3OS. The van der Waals surface area contributed by atoms with E-state index in [9.17, 15) is 4.79 Å². The Kier molecular flexibility index (Phi) is 5.08. The lowest BCUT2D eigenvalue weighted by Gasteiger charge is -2.26. The number of likely N-dealkylation sites (tertiary alicyclic amines) is 1. The van der Waals surface area contributed by atoms with E-state index in [4.69, 9.17) is 0 Å². The zero-order valence-corrected chi connectivity index (χ0v) is 14.6. The van der Waals surface area contributed by atoms with Gasteiger partial charge < -0.3 is 5.32 Å². The molecule has 2 aromatic rings. The summed E-state index contributed by atoms with van der Waals surface area (Å²) in [7, 11) is 0. The average Bonchev–Trinajstić information content (AvgIpc) is 2.90. The minimum Gasteiger partial charge on any atom is -0.302 e. The van der Waals surface area contributed by atoms with Crippen molar-refractivity contribution in [2.24, 2.45) is 0 Å². The van der Waals surface area contributed by atoms with Gasteiger partial charge in [-0.2, -0.15) is 0 Å². The van der Waals surface area contributed by atoms with Gasteiger partial charge in [-0.15, -0.1) is 0 Å². The lowest BCUT2D eigenvalue weighted by molar-refractivity contribution is -0.114. The molecule has 3 rings (SSSR count). The zero-order chi connectivity index (χ0) is 16.2. The molecule has 1 fully saturated rings. The largest absolute Gasteiger partial charge is 0.302 e. The average molecular weight is 329 g/mol. The second-order valence-corrected chi connectivity index (χ2v) is 7.26. The van der Waals surface area contributed by atoms with E-state index in [-0.39, 0.29) is 5.91 Å². The van der Waals surface area contributed by atoms with E-state index in [0.29, 0.717) is 5.13 Å². The van der Waals surface area contributed by atoms with Gasteiger partial charge in [-0.3, -0.25) is 9.69 Å². The number of anilines is 1. The van der Waals surface area contributed by atoms with Crippen molar-refractivity contribution in [1.29, 1.82) is 0 Å². The third kappa shape index (κ3) is 4.18. The van der Waals surface area contributed by atoms with E-state index >= 15 is 0 Å². The van der Waals surface area contributed by atoms with E-state index in [1.807, 2.05) is 0 Å². The second-order valence-electron chi connectivity index (χ2n) is 6.17. The fourth-order valence-electron chi connectivity index (χ4n) is 2.92. The highest BCUT2D eigenvalue weighted by Crippen LogP contribution is 2.33. The van der Waals surface area contributed by atoms with Crippen molar-refractivity contribution >= 4 is 22.4 Å². The van der Waals surface area contributed by atoms with Crippen LogP contribution in [-0.2, 0) is 11.3 Å². The van der Waals surface area contributed by atoms with Crippen LogP contribution in [0.4, 0.5) is 5.13 Å². The van der Waals surface area contributed by atoms with Crippen LogP contribution in [0.15, 0.2) is 24.3 Å². The number of carbonyl (C=O) groups is 1. The zero-order valence-electron chi connectivity index (χ0n) is 13.8. The lowest BCUT2D eigenvalue weighted by Crippen LogP contribution is -2.28. The van der Waals surface area contributed by atoms with E-state index in [2.05, 4.69) is 46.4 Å². The number of rotatable bonds is 4. The molecule has 0 radical (unpaired) electrons. The van der Waals surface area contributed by atoms with Gasteiger partial charge in [0.15, 0.2) is 5.13 Å². The first kappa shape index (κ1) is 16.1. The van der Waals surface area contributed by atoms with Gasteiger partial charge in [0.25, 0.3) is 0 Å². The predicted molar refractivity (Wildman–Crippen MR) is 95.7 cm³/mol. The SMILES string of the molecule is CC(=O)Nc1nc(-c2ccc(C)cc2)c(CN2CCCCC2)s1. The van der Waals surface area contributed by atoms with Crippen molar-refractivity contribution in [2.75, 3.05) is 18.4 Å². The molecule has 1 aromatic carbocycles. The maximum atomic E-state index is 11.4. The van der Waals surface area contributed by atoms with Crippen molar-refractivity contribution in [3.63, 3.8) is 0 Å². The van der Waals surface area contributed by atoms with Gasteiger partial charge in [0.2, 0.25) is 5.91 Å². The van der Waals surface area contributed by atoms with Crippen LogP contribution >= 0.6 is 11.3 Å². The van der Waals surface area contributed by atoms with E-state index in [1.54, 1.807) is 11.3 Å². The molecule has 0 aliphatic carbocycles. The molecule has 122 valence electrons. The molecule has 0 spiro atoms. The van der Waals surface area contributed by atoms with Crippen molar-refractivity contribution in [1.82, 2.24) is 9.88 Å². The molecule has 0 bridgehead atoms. The fourth-order valence-corrected chi connectivity index (χ4v) is 3.99. The third-order valence-corrected chi connectivity index (χ3v) is 5.08. The number of carbonyl (C=O) groups excluding carboxylic acids is 1. The van der Waals surface area contributed by atoms with Crippen LogP contribution in [0.3, 0.4) is 0 Å². The second kappa shape index (κ2) is 7.23. The summed E-state index contributed by atoms with van der Waals surface area (Å²) in [6.07, 6.45) is 3.88. The molecule has 1 aliphatic rings. The van der Waals surface area contributed by atoms with Crippen LogP contribution in [0.1, 0.15) is 36.6 Å².